The zero-order valence-electron chi connectivity index (χ0n) is 20.3. The van der Waals surface area contributed by atoms with Crippen LogP contribution in [0.4, 0.5) is 25.1 Å². The minimum Gasteiger partial charge on any atom is -0.496 e. The number of carbonyl (C=O) groups excluding carboxylic acids is 1. The number of nitrogens with zero attached hydrogens (tertiary/aromatic N) is 1. The standard InChI is InChI=1S/C24H28F2N4O5S/c1-5-8-36(32,33)30-19-7-6-18(25)22(23(19)26)17-9-16-13-28-21(11-15(16)10-20(17)34-3)27-12-14(2)29-24(31)35-4/h6-7,9-11,13-14,30H,5,8,12H2,1-4H3,(H,27,28)(H,29,31)/t14-/m0/s1. The van der Waals surface area contributed by atoms with Crippen LogP contribution in [0.3, 0.4) is 0 Å². The van der Waals surface area contributed by atoms with Crippen molar-refractivity contribution in [2.75, 3.05) is 36.6 Å². The van der Waals surface area contributed by atoms with Crippen molar-refractivity contribution in [1.29, 1.82) is 0 Å². The number of nitrogens with one attached hydrogen (secondary N) is 3. The molecule has 1 aromatic heterocycles. The van der Waals surface area contributed by atoms with Gasteiger partial charge in [-0.15, -0.1) is 0 Å². The number of rotatable bonds is 10. The van der Waals surface area contributed by atoms with Crippen molar-refractivity contribution in [2.24, 2.45) is 0 Å². The molecule has 0 saturated heterocycles. The van der Waals surface area contributed by atoms with Crippen LogP contribution in [0.2, 0.25) is 0 Å². The Balaban J connectivity index is 1.97. The molecule has 2 aromatic carbocycles. The Morgan fingerprint density at radius 2 is 1.89 bits per heavy atom. The lowest BCUT2D eigenvalue weighted by atomic mass is 9.99. The Labute approximate surface area is 208 Å². The van der Waals surface area contributed by atoms with Gasteiger partial charge in [0.25, 0.3) is 0 Å². The van der Waals surface area contributed by atoms with E-state index in [1.165, 1.54) is 26.5 Å². The summed E-state index contributed by atoms with van der Waals surface area (Å²) in [5.41, 5.74) is -0.667. The monoisotopic (exact) mass is 522 g/mol. The molecular weight excluding hydrogens is 494 g/mol. The van der Waals surface area contributed by atoms with Crippen LogP contribution in [-0.2, 0) is 14.8 Å². The molecule has 0 bridgehead atoms. The SMILES string of the molecule is CCCS(=O)(=O)Nc1ccc(F)c(-c2cc3cnc(NC[C@H](C)NC(=O)OC)cc3cc2OC)c1F. The summed E-state index contributed by atoms with van der Waals surface area (Å²) in [7, 11) is -1.14. The van der Waals surface area contributed by atoms with E-state index in [2.05, 4.69) is 25.1 Å². The fraction of sp³-hybridized carbons (Fsp3) is 0.333. The highest BCUT2D eigenvalue weighted by atomic mass is 32.2. The van der Waals surface area contributed by atoms with E-state index in [1.807, 2.05) is 0 Å². The highest BCUT2D eigenvalue weighted by molar-refractivity contribution is 7.92. The summed E-state index contributed by atoms with van der Waals surface area (Å²) in [6.45, 7) is 3.85. The fourth-order valence-electron chi connectivity index (χ4n) is 3.57. The summed E-state index contributed by atoms with van der Waals surface area (Å²) in [6.07, 6.45) is 1.33. The van der Waals surface area contributed by atoms with Crippen molar-refractivity contribution in [3.05, 3.63) is 48.2 Å². The van der Waals surface area contributed by atoms with E-state index >= 15 is 4.39 Å². The fourth-order valence-corrected chi connectivity index (χ4v) is 4.70. The first-order valence-electron chi connectivity index (χ1n) is 11.1. The number of aromatic nitrogens is 1. The van der Waals surface area contributed by atoms with Crippen molar-refractivity contribution >= 4 is 38.4 Å². The molecule has 9 nitrogen and oxygen atoms in total. The van der Waals surface area contributed by atoms with E-state index in [0.29, 0.717) is 29.6 Å². The number of alkyl carbamates (subject to hydrolysis) is 1. The molecule has 1 atom stereocenters. The highest BCUT2D eigenvalue weighted by Crippen LogP contribution is 2.39. The molecule has 1 amide bonds. The van der Waals surface area contributed by atoms with Gasteiger partial charge in [0.2, 0.25) is 10.0 Å². The largest absolute Gasteiger partial charge is 0.496 e. The van der Waals surface area contributed by atoms with Gasteiger partial charge in [-0.1, -0.05) is 6.92 Å². The molecule has 0 unspecified atom stereocenters. The highest BCUT2D eigenvalue weighted by Gasteiger charge is 2.22. The van der Waals surface area contributed by atoms with Crippen LogP contribution < -0.4 is 20.1 Å². The van der Waals surface area contributed by atoms with E-state index in [9.17, 15) is 17.6 Å². The molecule has 0 aliphatic carbocycles. The maximum atomic E-state index is 15.4. The van der Waals surface area contributed by atoms with Crippen molar-refractivity contribution < 1.29 is 31.5 Å². The summed E-state index contributed by atoms with van der Waals surface area (Å²) in [5.74, 6) is -1.42. The first-order chi connectivity index (χ1) is 17.1. The first kappa shape index (κ1) is 26.9. The molecule has 1 heterocycles. The van der Waals surface area contributed by atoms with Crippen LogP contribution >= 0.6 is 0 Å². The zero-order chi connectivity index (χ0) is 26.5. The number of methoxy groups -OCH3 is 2. The summed E-state index contributed by atoms with van der Waals surface area (Å²) < 4.78 is 66.7. The van der Waals surface area contributed by atoms with Crippen LogP contribution in [-0.4, -0.2) is 52.1 Å². The lowest BCUT2D eigenvalue weighted by molar-refractivity contribution is 0.168. The molecule has 0 radical (unpaired) electrons. The average molecular weight is 523 g/mol. The van der Waals surface area contributed by atoms with Gasteiger partial charge in [0.15, 0.2) is 5.82 Å². The van der Waals surface area contributed by atoms with Crippen LogP contribution in [0, 0.1) is 11.6 Å². The van der Waals surface area contributed by atoms with Gasteiger partial charge in [0, 0.05) is 29.7 Å². The molecule has 0 aliphatic heterocycles. The van der Waals surface area contributed by atoms with Crippen molar-refractivity contribution in [3.8, 4) is 16.9 Å². The predicted octanol–water partition coefficient (Wildman–Crippen LogP) is 4.50. The van der Waals surface area contributed by atoms with Crippen molar-refractivity contribution in [3.63, 3.8) is 0 Å². The Bertz CT molecular complexity index is 1370. The van der Waals surface area contributed by atoms with E-state index < -0.39 is 33.3 Å². The number of carbonyl (C=O) groups is 1. The number of ether oxygens (including phenoxy) is 2. The summed E-state index contributed by atoms with van der Waals surface area (Å²) in [6, 6.07) is 6.68. The van der Waals surface area contributed by atoms with Gasteiger partial charge >= 0.3 is 6.09 Å². The number of halogens is 2. The third kappa shape index (κ3) is 6.30. The van der Waals surface area contributed by atoms with Gasteiger partial charge in [-0.25, -0.2) is 27.0 Å². The predicted molar refractivity (Wildman–Crippen MR) is 135 cm³/mol. The third-order valence-electron chi connectivity index (χ3n) is 5.28. The van der Waals surface area contributed by atoms with Gasteiger partial charge in [0.1, 0.15) is 17.4 Å². The second kappa shape index (κ2) is 11.4. The maximum Gasteiger partial charge on any atom is 0.407 e. The first-order valence-corrected chi connectivity index (χ1v) is 12.8. The number of benzene rings is 2. The normalized spacial score (nSPS) is 12.2. The van der Waals surface area contributed by atoms with E-state index in [0.717, 1.165) is 12.1 Å². The van der Waals surface area contributed by atoms with Gasteiger partial charge in [-0.2, -0.15) is 0 Å². The number of pyridine rings is 1. The number of amides is 1. The molecule has 3 N–H and O–H groups in total. The molecular formula is C24H28F2N4O5S. The molecule has 12 heteroatoms. The van der Waals surface area contributed by atoms with E-state index in [4.69, 9.17) is 4.74 Å². The third-order valence-corrected chi connectivity index (χ3v) is 6.75. The molecule has 3 rings (SSSR count). The second-order valence-corrected chi connectivity index (χ2v) is 9.93. The number of sulfonamides is 1. The topological polar surface area (TPSA) is 119 Å². The van der Waals surface area contributed by atoms with E-state index in [-0.39, 0.29) is 28.8 Å². The zero-order valence-corrected chi connectivity index (χ0v) is 21.1. The number of hydrogen-bond donors (Lipinski definition) is 3. The summed E-state index contributed by atoms with van der Waals surface area (Å²) in [4.78, 5) is 15.6. The summed E-state index contributed by atoms with van der Waals surface area (Å²) in [5, 5.41) is 6.99. The lowest BCUT2D eigenvalue weighted by Gasteiger charge is -2.16. The number of fused-ring (bicyclic) bond motifs is 1. The molecule has 3 aromatic rings. The lowest BCUT2D eigenvalue weighted by Crippen LogP contribution is -2.37. The van der Waals surface area contributed by atoms with Crippen molar-refractivity contribution in [2.45, 2.75) is 26.3 Å². The Morgan fingerprint density at radius 1 is 1.14 bits per heavy atom. The molecule has 0 aliphatic rings. The quantitative estimate of drug-likeness (QED) is 0.359. The van der Waals surface area contributed by atoms with Crippen LogP contribution in [0.1, 0.15) is 20.3 Å². The van der Waals surface area contributed by atoms with Gasteiger partial charge in [0.05, 0.1) is 31.2 Å². The average Bonchev–Trinajstić information content (AvgIpc) is 2.83. The van der Waals surface area contributed by atoms with Crippen LogP contribution in [0.25, 0.3) is 21.9 Å². The summed E-state index contributed by atoms with van der Waals surface area (Å²) >= 11 is 0. The minimum absolute atomic E-state index is 0.106. The second-order valence-electron chi connectivity index (χ2n) is 8.09. The van der Waals surface area contributed by atoms with Crippen molar-refractivity contribution in [1.82, 2.24) is 10.3 Å². The van der Waals surface area contributed by atoms with Crippen LogP contribution in [0.15, 0.2) is 36.5 Å². The number of hydrogen-bond acceptors (Lipinski definition) is 7. The van der Waals surface area contributed by atoms with E-state index in [1.54, 1.807) is 26.0 Å². The number of anilines is 2. The molecule has 0 fully saturated rings. The van der Waals surface area contributed by atoms with Gasteiger partial charge in [-0.05, 0) is 49.1 Å². The Morgan fingerprint density at radius 3 is 2.56 bits per heavy atom. The Hall–Kier alpha value is -3.67. The van der Waals surface area contributed by atoms with Gasteiger partial charge < -0.3 is 20.1 Å². The Kier molecular flexibility index (Phi) is 8.51. The minimum atomic E-state index is -3.78. The van der Waals surface area contributed by atoms with Gasteiger partial charge in [-0.3, -0.25) is 4.72 Å². The smallest absolute Gasteiger partial charge is 0.407 e. The maximum absolute atomic E-state index is 15.4. The molecule has 0 spiro atoms. The molecule has 194 valence electrons. The molecule has 0 saturated carbocycles. The molecule has 36 heavy (non-hydrogen) atoms. The van der Waals surface area contributed by atoms with Crippen LogP contribution in [0.5, 0.6) is 5.75 Å².